The third kappa shape index (κ3) is 3.41. The van der Waals surface area contributed by atoms with Crippen molar-refractivity contribution in [3.05, 3.63) is 39.1 Å². The van der Waals surface area contributed by atoms with Gasteiger partial charge in [-0.1, -0.05) is 11.6 Å². The first kappa shape index (κ1) is 15.9. The van der Waals surface area contributed by atoms with Crippen LogP contribution >= 0.6 is 27.5 Å². The zero-order valence-corrected chi connectivity index (χ0v) is 13.0. The van der Waals surface area contributed by atoms with Gasteiger partial charge in [0, 0.05) is 10.0 Å². The topological polar surface area (TPSA) is 52.3 Å². The number of nitrogens with zero attached hydrogens (tertiary/aromatic N) is 1. The Kier molecular flexibility index (Phi) is 4.95. The lowest BCUT2D eigenvalue weighted by Crippen LogP contribution is -2.06. The Bertz CT molecular complexity index is 675. The molecule has 0 saturated carbocycles. The van der Waals surface area contributed by atoms with Crippen molar-refractivity contribution < 1.29 is 22.7 Å². The maximum absolute atomic E-state index is 12.9. The van der Waals surface area contributed by atoms with Gasteiger partial charge in [-0.05, 0) is 41.1 Å². The van der Waals surface area contributed by atoms with Crippen LogP contribution < -0.4 is 0 Å². The highest BCUT2D eigenvalue weighted by molar-refractivity contribution is 9.10. The summed E-state index contributed by atoms with van der Waals surface area (Å²) in [6, 6.07) is 4.68. The summed E-state index contributed by atoms with van der Waals surface area (Å²) in [6.07, 6.45) is -2.95. The molecule has 0 amide bonds. The average molecular weight is 381 g/mol. The molecule has 1 aromatic carbocycles. The van der Waals surface area contributed by atoms with Crippen molar-refractivity contribution in [2.24, 2.45) is 0 Å². The molecular formula is C13H9BrClF2NO3. The lowest BCUT2D eigenvalue weighted by molar-refractivity contribution is 0.0476. The van der Waals surface area contributed by atoms with Crippen molar-refractivity contribution in [3.63, 3.8) is 0 Å². The summed E-state index contributed by atoms with van der Waals surface area (Å²) in [6.45, 7) is 1.60. The Labute approximate surface area is 132 Å². The second kappa shape index (κ2) is 6.53. The smallest absolute Gasteiger partial charge is 0.376 e. The van der Waals surface area contributed by atoms with Crippen LogP contribution in [0, 0.1) is 0 Å². The Morgan fingerprint density at radius 3 is 2.81 bits per heavy atom. The minimum atomic E-state index is -2.95. The monoisotopic (exact) mass is 379 g/mol. The molecule has 0 radical (unpaired) electrons. The van der Waals surface area contributed by atoms with Crippen LogP contribution in [0.3, 0.4) is 0 Å². The fourth-order valence-corrected chi connectivity index (χ4v) is 2.00. The highest BCUT2D eigenvalue weighted by Crippen LogP contribution is 2.32. The molecular weight excluding hydrogens is 372 g/mol. The number of benzene rings is 1. The number of alkyl halides is 2. The van der Waals surface area contributed by atoms with Crippen molar-refractivity contribution in [1.29, 1.82) is 0 Å². The molecule has 0 aliphatic heterocycles. The van der Waals surface area contributed by atoms with E-state index in [-0.39, 0.29) is 12.5 Å². The fourth-order valence-electron chi connectivity index (χ4n) is 1.58. The number of aromatic nitrogens is 1. The normalized spacial score (nSPS) is 11.0. The van der Waals surface area contributed by atoms with E-state index in [1.54, 1.807) is 19.1 Å². The molecule has 0 fully saturated rings. The number of esters is 1. The summed E-state index contributed by atoms with van der Waals surface area (Å²) in [4.78, 5) is 15.3. The fraction of sp³-hybridized carbons (Fsp3) is 0.231. The van der Waals surface area contributed by atoms with E-state index in [0.717, 1.165) is 0 Å². The SMILES string of the molecule is CCOC(=O)c1oc(-c2ccc(Br)c(Cl)c2)nc1C(F)F. The Balaban J connectivity index is 2.48. The third-order valence-electron chi connectivity index (χ3n) is 2.49. The van der Waals surface area contributed by atoms with Crippen LogP contribution in [-0.4, -0.2) is 17.6 Å². The number of oxazole rings is 1. The molecule has 0 aliphatic carbocycles. The molecule has 0 unspecified atom stereocenters. The van der Waals surface area contributed by atoms with Crippen LogP contribution in [0.5, 0.6) is 0 Å². The van der Waals surface area contributed by atoms with Gasteiger partial charge < -0.3 is 9.15 Å². The average Bonchev–Trinajstić information content (AvgIpc) is 2.87. The molecule has 2 rings (SSSR count). The lowest BCUT2D eigenvalue weighted by atomic mass is 10.2. The molecule has 112 valence electrons. The molecule has 1 heterocycles. The summed E-state index contributed by atoms with van der Waals surface area (Å²) >= 11 is 9.14. The van der Waals surface area contributed by atoms with Gasteiger partial charge in [-0.15, -0.1) is 0 Å². The first-order valence-electron chi connectivity index (χ1n) is 5.85. The van der Waals surface area contributed by atoms with Gasteiger partial charge in [-0.2, -0.15) is 0 Å². The minimum absolute atomic E-state index is 0.0433. The van der Waals surface area contributed by atoms with Crippen LogP contribution in [0.1, 0.15) is 29.6 Å². The van der Waals surface area contributed by atoms with E-state index in [1.807, 2.05) is 0 Å². The van der Waals surface area contributed by atoms with Crippen LogP contribution in [-0.2, 0) is 4.74 Å². The molecule has 21 heavy (non-hydrogen) atoms. The molecule has 2 aromatic rings. The van der Waals surface area contributed by atoms with Crippen molar-refractivity contribution in [1.82, 2.24) is 4.98 Å². The summed E-state index contributed by atoms with van der Waals surface area (Å²) in [7, 11) is 0. The first-order valence-corrected chi connectivity index (χ1v) is 7.02. The van der Waals surface area contributed by atoms with E-state index in [4.69, 9.17) is 16.0 Å². The summed E-state index contributed by atoms with van der Waals surface area (Å²) < 4.78 is 36.3. The molecule has 0 bridgehead atoms. The van der Waals surface area contributed by atoms with E-state index in [9.17, 15) is 13.6 Å². The number of hydrogen-bond donors (Lipinski definition) is 0. The van der Waals surface area contributed by atoms with Gasteiger partial charge in [-0.3, -0.25) is 0 Å². The summed E-state index contributed by atoms with van der Waals surface area (Å²) in [5.74, 6) is -1.70. The van der Waals surface area contributed by atoms with E-state index in [1.165, 1.54) is 6.07 Å². The zero-order valence-electron chi connectivity index (χ0n) is 10.7. The summed E-state index contributed by atoms with van der Waals surface area (Å²) in [5, 5.41) is 0.363. The van der Waals surface area contributed by atoms with E-state index < -0.39 is 23.8 Å². The molecule has 0 aliphatic rings. The quantitative estimate of drug-likeness (QED) is 0.710. The second-order valence-corrected chi connectivity index (χ2v) is 5.14. The van der Waals surface area contributed by atoms with E-state index in [0.29, 0.717) is 15.1 Å². The van der Waals surface area contributed by atoms with Gasteiger partial charge in [-0.25, -0.2) is 18.6 Å². The molecule has 0 N–H and O–H groups in total. The third-order valence-corrected chi connectivity index (χ3v) is 3.72. The van der Waals surface area contributed by atoms with Gasteiger partial charge in [0.25, 0.3) is 6.43 Å². The summed E-state index contributed by atoms with van der Waals surface area (Å²) in [5.41, 5.74) is -0.372. The highest BCUT2D eigenvalue weighted by atomic mass is 79.9. The van der Waals surface area contributed by atoms with Gasteiger partial charge in [0.1, 0.15) is 0 Å². The zero-order chi connectivity index (χ0) is 15.6. The molecule has 0 saturated heterocycles. The number of carbonyl (C=O) groups excluding carboxylic acids is 1. The van der Waals surface area contributed by atoms with Gasteiger partial charge in [0.15, 0.2) is 5.69 Å². The Morgan fingerprint density at radius 2 is 2.24 bits per heavy atom. The van der Waals surface area contributed by atoms with Crippen molar-refractivity contribution in [2.75, 3.05) is 6.61 Å². The van der Waals surface area contributed by atoms with Gasteiger partial charge >= 0.3 is 5.97 Å². The van der Waals surface area contributed by atoms with Crippen LogP contribution in [0.4, 0.5) is 8.78 Å². The first-order chi connectivity index (χ1) is 9.93. The molecule has 1 aromatic heterocycles. The number of rotatable bonds is 4. The van der Waals surface area contributed by atoms with Crippen molar-refractivity contribution in [2.45, 2.75) is 13.3 Å². The van der Waals surface area contributed by atoms with Gasteiger partial charge in [0.05, 0.1) is 11.6 Å². The standard InChI is InChI=1S/C13H9BrClF2NO3/c1-2-20-13(19)10-9(11(16)17)18-12(21-10)6-3-4-7(14)8(15)5-6/h3-5,11H,2H2,1H3. The minimum Gasteiger partial charge on any atom is -0.460 e. The van der Waals surface area contributed by atoms with Crippen molar-refractivity contribution >= 4 is 33.5 Å². The predicted molar refractivity (Wildman–Crippen MR) is 75.6 cm³/mol. The molecule has 0 spiro atoms. The Morgan fingerprint density at radius 1 is 1.52 bits per heavy atom. The number of ether oxygens (including phenoxy) is 1. The lowest BCUT2D eigenvalue weighted by Gasteiger charge is -1.99. The van der Waals surface area contributed by atoms with Crippen LogP contribution in [0.25, 0.3) is 11.5 Å². The van der Waals surface area contributed by atoms with E-state index in [2.05, 4.69) is 25.7 Å². The predicted octanol–water partition coefficient (Wildman–Crippen LogP) is 4.87. The molecule has 0 atom stereocenters. The second-order valence-electron chi connectivity index (χ2n) is 3.88. The number of halogens is 4. The Hall–Kier alpha value is -1.47. The largest absolute Gasteiger partial charge is 0.460 e. The molecule has 8 heteroatoms. The van der Waals surface area contributed by atoms with E-state index >= 15 is 0 Å². The number of hydrogen-bond acceptors (Lipinski definition) is 4. The van der Waals surface area contributed by atoms with Crippen LogP contribution in [0.2, 0.25) is 5.02 Å². The maximum Gasteiger partial charge on any atom is 0.376 e. The maximum atomic E-state index is 12.9. The van der Waals surface area contributed by atoms with Crippen LogP contribution in [0.15, 0.2) is 27.1 Å². The van der Waals surface area contributed by atoms with Gasteiger partial charge in [0.2, 0.25) is 11.7 Å². The number of carbonyl (C=O) groups is 1. The highest BCUT2D eigenvalue weighted by Gasteiger charge is 2.28. The molecule has 4 nitrogen and oxygen atoms in total. The van der Waals surface area contributed by atoms with Crippen molar-refractivity contribution in [3.8, 4) is 11.5 Å².